The Morgan fingerprint density at radius 1 is 0.429 bits per heavy atom. The average Bonchev–Trinajstić information content (AvgIpc) is 3.75. The van der Waals surface area contributed by atoms with Crippen molar-refractivity contribution in [1.82, 2.24) is 9.55 Å². The van der Waals surface area contributed by atoms with E-state index in [9.17, 15) is 0 Å². The highest BCUT2D eigenvalue weighted by Crippen LogP contribution is 2.63. The van der Waals surface area contributed by atoms with Gasteiger partial charge in [-0.25, -0.2) is 4.98 Å². The fourth-order valence-corrected chi connectivity index (χ4v) is 9.04. The summed E-state index contributed by atoms with van der Waals surface area (Å²) in [7, 11) is 0. The van der Waals surface area contributed by atoms with Crippen LogP contribution < -0.4 is 0 Å². The van der Waals surface area contributed by atoms with E-state index in [1.54, 1.807) is 0 Å². The third-order valence-corrected chi connectivity index (χ3v) is 11.1. The molecule has 9 aromatic rings. The van der Waals surface area contributed by atoms with Crippen LogP contribution in [0.4, 0.5) is 0 Å². The van der Waals surface area contributed by atoms with E-state index in [1.165, 1.54) is 77.2 Å². The smallest absolute Gasteiger partial charge is 0.111 e. The molecule has 0 unspecified atom stereocenters. The van der Waals surface area contributed by atoms with E-state index in [1.807, 2.05) is 0 Å². The van der Waals surface area contributed by atoms with E-state index in [0.29, 0.717) is 0 Å². The van der Waals surface area contributed by atoms with Gasteiger partial charge in [0.1, 0.15) is 5.82 Å². The van der Waals surface area contributed by atoms with Gasteiger partial charge in [0, 0.05) is 5.69 Å². The molecule has 8 aromatic carbocycles. The minimum atomic E-state index is -0.383. The highest BCUT2D eigenvalue weighted by Gasteiger charge is 2.51. The molecule has 0 atom stereocenters. The van der Waals surface area contributed by atoms with Crippen LogP contribution in [0.3, 0.4) is 0 Å². The molecule has 0 N–H and O–H groups in total. The maximum Gasteiger partial charge on any atom is 0.111 e. The number of aromatic nitrogens is 2. The van der Waals surface area contributed by atoms with Gasteiger partial charge in [-0.1, -0.05) is 109 Å². The largest absolute Gasteiger partial charge is 0.297 e. The maximum absolute atomic E-state index is 4.83. The van der Waals surface area contributed by atoms with E-state index in [0.717, 1.165) is 22.5 Å². The molecule has 2 nitrogen and oxygen atoms in total. The zero-order valence-corrected chi connectivity index (χ0v) is 27.0. The van der Waals surface area contributed by atoms with Crippen LogP contribution in [0, 0.1) is 6.92 Å². The van der Waals surface area contributed by atoms with Gasteiger partial charge in [-0.2, -0.15) is 0 Å². The first-order valence-electron chi connectivity index (χ1n) is 17.0. The van der Waals surface area contributed by atoms with Crippen molar-refractivity contribution in [2.24, 2.45) is 0 Å². The number of nitrogens with zero attached hydrogens (tertiary/aromatic N) is 2. The Morgan fingerprint density at radius 2 is 1.02 bits per heavy atom. The fourth-order valence-electron chi connectivity index (χ4n) is 9.04. The van der Waals surface area contributed by atoms with Gasteiger partial charge >= 0.3 is 0 Å². The normalized spacial score (nSPS) is 13.6. The fraction of sp³-hybridized carbons (Fsp3) is 0.0426. The standard InChI is InChI=1S/C47H30N2/c1-29-48-45-19-8-9-20-46(45)49(29)36-14-10-13-30(24-36)33-21-22-34-26-40-39-25-31-11-2-3-12-32(31)27-43(39)47(44(40)28-35(34)23-33)41-17-6-4-15-37(41)38-16-5-7-18-42(38)47/h2-28H,1H3. The van der Waals surface area contributed by atoms with Crippen molar-refractivity contribution >= 4 is 32.6 Å². The second-order valence-electron chi connectivity index (χ2n) is 13.6. The van der Waals surface area contributed by atoms with Crippen molar-refractivity contribution in [2.45, 2.75) is 12.3 Å². The average molecular weight is 623 g/mol. The Bertz CT molecular complexity index is 2810. The Kier molecular flexibility index (Phi) is 5.28. The molecule has 0 aliphatic heterocycles. The number of benzene rings is 8. The third kappa shape index (κ3) is 3.53. The summed E-state index contributed by atoms with van der Waals surface area (Å²) in [6, 6.07) is 60.9. The van der Waals surface area contributed by atoms with Crippen molar-refractivity contribution in [3.63, 3.8) is 0 Å². The lowest BCUT2D eigenvalue weighted by atomic mass is 9.70. The van der Waals surface area contributed by atoms with E-state index >= 15 is 0 Å². The van der Waals surface area contributed by atoms with Gasteiger partial charge in [-0.15, -0.1) is 0 Å². The minimum Gasteiger partial charge on any atom is -0.297 e. The van der Waals surface area contributed by atoms with Crippen LogP contribution in [0.15, 0.2) is 164 Å². The molecule has 1 spiro atoms. The third-order valence-electron chi connectivity index (χ3n) is 11.1. The van der Waals surface area contributed by atoms with Crippen LogP contribution in [0.5, 0.6) is 0 Å². The molecule has 0 saturated carbocycles. The summed E-state index contributed by atoms with van der Waals surface area (Å²) >= 11 is 0. The summed E-state index contributed by atoms with van der Waals surface area (Å²) in [6.07, 6.45) is 0. The molecule has 2 aliphatic carbocycles. The molecule has 0 amide bonds. The van der Waals surface area contributed by atoms with Gasteiger partial charge in [-0.3, -0.25) is 4.57 Å². The summed E-state index contributed by atoms with van der Waals surface area (Å²) in [4.78, 5) is 4.83. The van der Waals surface area contributed by atoms with E-state index in [-0.39, 0.29) is 5.41 Å². The molecule has 2 aliphatic rings. The van der Waals surface area contributed by atoms with Crippen LogP contribution >= 0.6 is 0 Å². The Hall–Kier alpha value is -6.25. The van der Waals surface area contributed by atoms with Gasteiger partial charge in [-0.05, 0) is 139 Å². The predicted molar refractivity (Wildman–Crippen MR) is 203 cm³/mol. The first kappa shape index (κ1) is 26.8. The second-order valence-corrected chi connectivity index (χ2v) is 13.6. The molecule has 1 heterocycles. The maximum atomic E-state index is 4.83. The topological polar surface area (TPSA) is 17.8 Å². The van der Waals surface area contributed by atoms with Crippen molar-refractivity contribution in [3.05, 3.63) is 192 Å². The Labute approximate surface area is 284 Å². The Morgan fingerprint density at radius 3 is 1.78 bits per heavy atom. The molecule has 0 fully saturated rings. The van der Waals surface area contributed by atoms with Crippen LogP contribution in [0.1, 0.15) is 28.1 Å². The van der Waals surface area contributed by atoms with Gasteiger partial charge in [0.15, 0.2) is 0 Å². The first-order valence-corrected chi connectivity index (χ1v) is 17.0. The van der Waals surface area contributed by atoms with Crippen molar-refractivity contribution in [3.8, 4) is 39.1 Å². The Balaban J connectivity index is 1.16. The summed E-state index contributed by atoms with van der Waals surface area (Å²) in [5, 5.41) is 5.07. The molecule has 1 aromatic heterocycles. The van der Waals surface area contributed by atoms with E-state index in [2.05, 4.69) is 175 Å². The molecule has 49 heavy (non-hydrogen) atoms. The molecule has 2 heteroatoms. The van der Waals surface area contributed by atoms with Crippen LogP contribution in [0.2, 0.25) is 0 Å². The summed E-state index contributed by atoms with van der Waals surface area (Å²) in [6.45, 7) is 2.08. The van der Waals surface area contributed by atoms with Gasteiger partial charge in [0.25, 0.3) is 0 Å². The second kappa shape index (κ2) is 9.65. The molecule has 228 valence electrons. The highest BCUT2D eigenvalue weighted by molar-refractivity contribution is 6.03. The molecular formula is C47H30N2. The number of fused-ring (bicyclic) bond motifs is 13. The van der Waals surface area contributed by atoms with Gasteiger partial charge in [0.2, 0.25) is 0 Å². The zero-order valence-electron chi connectivity index (χ0n) is 27.0. The van der Waals surface area contributed by atoms with Gasteiger partial charge in [0.05, 0.1) is 16.4 Å². The molecule has 0 radical (unpaired) electrons. The van der Waals surface area contributed by atoms with E-state index < -0.39 is 0 Å². The lowest BCUT2D eigenvalue weighted by Crippen LogP contribution is -2.25. The molecular weight excluding hydrogens is 593 g/mol. The van der Waals surface area contributed by atoms with Gasteiger partial charge < -0.3 is 0 Å². The lowest BCUT2D eigenvalue weighted by molar-refractivity contribution is 0.796. The lowest BCUT2D eigenvalue weighted by Gasteiger charge is -2.30. The van der Waals surface area contributed by atoms with Crippen molar-refractivity contribution < 1.29 is 0 Å². The monoisotopic (exact) mass is 622 g/mol. The van der Waals surface area contributed by atoms with E-state index in [4.69, 9.17) is 4.98 Å². The predicted octanol–water partition coefficient (Wildman–Crippen LogP) is 11.7. The first-order chi connectivity index (χ1) is 24.2. The molecule has 0 bridgehead atoms. The van der Waals surface area contributed by atoms with Crippen molar-refractivity contribution in [1.29, 1.82) is 0 Å². The minimum absolute atomic E-state index is 0.383. The number of rotatable bonds is 2. The van der Waals surface area contributed by atoms with Crippen LogP contribution in [0.25, 0.3) is 71.6 Å². The highest BCUT2D eigenvalue weighted by atomic mass is 15.1. The number of para-hydroxylation sites is 2. The zero-order chi connectivity index (χ0) is 32.3. The van der Waals surface area contributed by atoms with Crippen molar-refractivity contribution in [2.75, 3.05) is 0 Å². The number of aryl methyl sites for hydroxylation is 1. The summed E-state index contributed by atoms with van der Waals surface area (Å²) < 4.78 is 2.26. The van der Waals surface area contributed by atoms with Crippen LogP contribution in [-0.4, -0.2) is 9.55 Å². The quantitative estimate of drug-likeness (QED) is 0.188. The molecule has 0 saturated heterocycles. The molecule has 11 rings (SSSR count). The summed E-state index contributed by atoms with van der Waals surface area (Å²) in [5.41, 5.74) is 16.1. The number of imidazole rings is 1. The van der Waals surface area contributed by atoms with Crippen LogP contribution in [-0.2, 0) is 5.41 Å². The summed E-state index contributed by atoms with van der Waals surface area (Å²) in [5.74, 6) is 0.988. The number of hydrogen-bond acceptors (Lipinski definition) is 1. The number of hydrogen-bond donors (Lipinski definition) is 0. The SMILES string of the molecule is Cc1nc2ccccc2n1-c1cccc(-c2ccc3cc4c(cc3c2)C2(c3ccccc3-c3ccccc32)c2cc3ccccc3cc2-4)c1.